The monoisotopic (exact) mass is 1150 g/mol. The summed E-state index contributed by atoms with van der Waals surface area (Å²) in [5.41, 5.74) is 9.93. The molecule has 2 radical (unpaired) electrons. The number of hydrogen-bond donors (Lipinski definition) is 8. The van der Waals surface area contributed by atoms with E-state index in [-0.39, 0.29) is 134 Å². The third-order valence-electron chi connectivity index (χ3n) is 11.5. The number of hydrazine groups is 2. The predicted molar refractivity (Wildman–Crippen MR) is 250 cm³/mol. The van der Waals surface area contributed by atoms with Crippen LogP contribution >= 0.6 is 0 Å². The Hall–Kier alpha value is -4.85. The van der Waals surface area contributed by atoms with Gasteiger partial charge in [-0.05, 0) is 89.9 Å². The molecule has 0 spiro atoms. The van der Waals surface area contributed by atoms with E-state index in [0.717, 1.165) is 109 Å². The number of amides is 4. The molecule has 2 saturated heterocycles. The maximum Gasteiger partial charge on any atom is 0.378 e. The first-order valence-corrected chi connectivity index (χ1v) is 22.2. The largest absolute Gasteiger partial charge is 0.650 e. The van der Waals surface area contributed by atoms with Crippen LogP contribution < -0.4 is 44.2 Å². The molecule has 4 amide bonds. The van der Waals surface area contributed by atoms with Gasteiger partial charge >= 0.3 is 11.4 Å². The summed E-state index contributed by atoms with van der Waals surface area (Å²) in [4.78, 5) is 110. The molecule has 6 aliphatic rings. The zero-order chi connectivity index (χ0) is 48.1. The van der Waals surface area contributed by atoms with Gasteiger partial charge < -0.3 is 33.9 Å². The van der Waals surface area contributed by atoms with Crippen LogP contribution in [0.15, 0.2) is 43.0 Å². The molecular formula is C45H68N12O12Y2-4. The third-order valence-corrected chi connectivity index (χ3v) is 11.5. The Bertz CT molecular complexity index is 2140. The first kappa shape index (κ1) is 70.4. The number of nitrogens with one attached hydrogen (secondary N) is 8. The number of aromatic amines is 4. The summed E-state index contributed by atoms with van der Waals surface area (Å²) in [5.74, 6) is -1.89. The van der Waals surface area contributed by atoms with E-state index in [2.05, 4.69) is 48.2 Å². The quantitative estimate of drug-likeness (QED) is 0.124. The molecule has 8 N–H and O–H groups in total. The van der Waals surface area contributed by atoms with Crippen molar-refractivity contribution in [3.05, 3.63) is 91.5 Å². The van der Waals surface area contributed by atoms with Gasteiger partial charge in [0, 0.05) is 92.9 Å². The average Bonchev–Trinajstić information content (AvgIpc) is 3.27. The van der Waals surface area contributed by atoms with E-state index in [1.165, 1.54) is 25.8 Å². The van der Waals surface area contributed by atoms with Crippen LogP contribution in [0, 0.1) is 43.4 Å². The van der Waals surface area contributed by atoms with E-state index in [1.54, 1.807) is 0 Å². The molecule has 24 nitrogen and oxygen atoms in total. The molecule has 8 rings (SSSR count). The van der Waals surface area contributed by atoms with Crippen LogP contribution in [0.1, 0.15) is 141 Å². The van der Waals surface area contributed by atoms with E-state index in [4.69, 9.17) is 20.3 Å². The Morgan fingerprint density at radius 3 is 1.62 bits per heavy atom. The Morgan fingerprint density at radius 1 is 0.549 bits per heavy atom. The average molecular weight is 1150 g/mol. The van der Waals surface area contributed by atoms with E-state index in [9.17, 15) is 47.9 Å². The first-order chi connectivity index (χ1) is 32.0. The number of carbonyl (C=O) groups excluding carboxylic acids is 6. The normalized spacial score (nSPS) is 22.2. The van der Waals surface area contributed by atoms with Crippen molar-refractivity contribution in [2.45, 2.75) is 154 Å². The maximum atomic E-state index is 11.8. The molecule has 26 heteroatoms. The van der Waals surface area contributed by atoms with Gasteiger partial charge in [-0.2, -0.15) is 0 Å². The molecule has 390 valence electrons. The van der Waals surface area contributed by atoms with Gasteiger partial charge in [-0.1, -0.05) is 93.7 Å². The Labute approximate surface area is 463 Å². The third kappa shape index (κ3) is 24.9. The summed E-state index contributed by atoms with van der Waals surface area (Å²) < 4.78 is 9.59. The SMILES string of the molecule is C.N#N.O=C1NNC(=O)C2CCCCCC=C12.O=[C-]OC1/C=C/CCCCC1.O=[C-]OC1CCCCCC2C(=O)NNC(=O)C12.O=c1[nH][nH]c(=O)c2c1CCCCCC2.O=c1nnc(=O)[nH][nH]1.[CH3-].[CH3-].[Y].[Y]. The fraction of sp³-hybridized carbons (Fsp3) is 0.600. The molecule has 2 aliphatic heterocycles. The van der Waals surface area contributed by atoms with E-state index < -0.39 is 29.3 Å². The van der Waals surface area contributed by atoms with Gasteiger partial charge in [-0.25, -0.2) is 19.8 Å². The molecule has 4 heterocycles. The second-order valence-corrected chi connectivity index (χ2v) is 15.9. The van der Waals surface area contributed by atoms with Crippen LogP contribution in [-0.4, -0.2) is 79.4 Å². The molecule has 3 fully saturated rings. The number of hydrogen-bond acceptors (Lipinski definition) is 16. The summed E-state index contributed by atoms with van der Waals surface area (Å²) in [6, 6.07) is 0. The van der Waals surface area contributed by atoms with Crippen molar-refractivity contribution in [1.29, 1.82) is 10.8 Å². The van der Waals surface area contributed by atoms with Gasteiger partial charge in [0.1, 0.15) is 0 Å². The molecule has 0 aromatic carbocycles. The van der Waals surface area contributed by atoms with Crippen molar-refractivity contribution in [3.63, 3.8) is 0 Å². The molecule has 5 unspecified atom stereocenters. The Morgan fingerprint density at radius 2 is 1.04 bits per heavy atom. The van der Waals surface area contributed by atoms with Gasteiger partial charge in [0.2, 0.25) is 17.7 Å². The molecule has 71 heavy (non-hydrogen) atoms. The minimum atomic E-state index is -0.662. The van der Waals surface area contributed by atoms with Crippen molar-refractivity contribution >= 4 is 36.6 Å². The van der Waals surface area contributed by atoms with E-state index in [1.807, 2.05) is 22.3 Å². The number of rotatable bonds is 4. The minimum absolute atomic E-state index is 0. The molecule has 2 aromatic heterocycles. The Balaban J connectivity index is -0.000000805. The zero-order valence-corrected chi connectivity index (χ0v) is 45.5. The van der Waals surface area contributed by atoms with E-state index in [0.29, 0.717) is 29.5 Å². The van der Waals surface area contributed by atoms with Gasteiger partial charge in [-0.3, -0.25) is 60.7 Å². The maximum absolute atomic E-state index is 11.8. The number of aromatic nitrogens is 6. The first-order valence-electron chi connectivity index (χ1n) is 22.2. The number of fused-ring (bicyclic) bond motifs is 3. The molecule has 2 aromatic rings. The van der Waals surface area contributed by atoms with Crippen molar-refractivity contribution in [3.8, 4) is 0 Å². The summed E-state index contributed by atoms with van der Waals surface area (Å²) in [6.07, 6.45) is 26.0. The van der Waals surface area contributed by atoms with Crippen LogP contribution in [0.3, 0.4) is 0 Å². The van der Waals surface area contributed by atoms with Crippen LogP contribution in [0.5, 0.6) is 0 Å². The number of H-pyrrole nitrogens is 4. The summed E-state index contributed by atoms with van der Waals surface area (Å²) in [7, 11) is 0. The summed E-state index contributed by atoms with van der Waals surface area (Å²) in [5, 5.41) is 26.4. The molecule has 1 saturated carbocycles. The molecule has 0 bridgehead atoms. The van der Waals surface area contributed by atoms with Crippen LogP contribution in [0.4, 0.5) is 0 Å². The van der Waals surface area contributed by atoms with Crippen molar-refractivity contribution in [1.82, 2.24) is 52.3 Å². The molecular weight excluding hydrogens is 1080 g/mol. The van der Waals surface area contributed by atoms with Gasteiger partial charge in [0.05, 0.1) is 30.0 Å². The topological polar surface area (TPSA) is 374 Å². The standard InChI is InChI=1S/C11H15N2O4.2C10H14N2O2.C9H13O2.C2H2N4O2.CH4.2CH3.N2.2Y/c14-6-17-8-5-3-1-2-4-7-9(8)11(16)13-12-10(7)15;2*13-9-7-5-3-1-2-4-6-8(7)10(14)12-11-9;10-8-11-9-6-4-2-1-3-5-7-9;7-1-3-5-2(8)6-4-1;;;;1-2;;/h7-9H,1-5H2,(H,12,15)(H,13,16);1-6H2,(H,11,13)(H,12,14);5,8H,1-4,6H2,(H,11,13)(H,12,14);4,6,9H,1-3,5,7H2;(H,3,4,7)(H,5,6,8);1H4;2*1H3;;;/q-1;;;-1;;;2*-1;;;/b;;;6-4+;;;;;;;. The summed E-state index contributed by atoms with van der Waals surface area (Å²) in [6.45, 7) is 2.88. The number of allylic oxidation sites excluding steroid dienone is 2. The second-order valence-electron chi connectivity index (χ2n) is 15.9. The molecule has 5 atom stereocenters. The second kappa shape index (κ2) is 40.7. The zero-order valence-electron chi connectivity index (χ0n) is 39.8. The van der Waals surface area contributed by atoms with Crippen LogP contribution in [0.2, 0.25) is 0 Å². The van der Waals surface area contributed by atoms with Gasteiger partial charge in [0.25, 0.3) is 17.0 Å². The predicted octanol–water partition coefficient (Wildman–Crippen LogP) is 2.55. The van der Waals surface area contributed by atoms with Gasteiger partial charge in [0.15, 0.2) is 0 Å². The number of ether oxygens (including phenoxy) is 2. The Kier molecular flexibility index (Phi) is 40.4. The smallest absolute Gasteiger partial charge is 0.378 e. The number of carbonyl (C=O) groups is 4. The van der Waals surface area contributed by atoms with E-state index >= 15 is 0 Å². The van der Waals surface area contributed by atoms with Crippen molar-refractivity contribution in [2.24, 2.45) is 17.8 Å². The molecule has 4 aliphatic carbocycles. The van der Waals surface area contributed by atoms with Crippen LogP contribution in [0.25, 0.3) is 0 Å². The van der Waals surface area contributed by atoms with Gasteiger partial charge in [-0.15, -0.1) is 0 Å². The van der Waals surface area contributed by atoms with Crippen LogP contribution in [-0.2, 0) is 117 Å². The fourth-order valence-corrected chi connectivity index (χ4v) is 8.23. The van der Waals surface area contributed by atoms with Crippen molar-refractivity contribution < 1.29 is 104 Å². The minimum Gasteiger partial charge on any atom is -0.650 e. The summed E-state index contributed by atoms with van der Waals surface area (Å²) >= 11 is 0. The van der Waals surface area contributed by atoms with Crippen molar-refractivity contribution in [2.75, 3.05) is 0 Å². The fourth-order valence-electron chi connectivity index (χ4n) is 8.23. The number of nitrogens with zero attached hydrogens (tertiary/aromatic N) is 4.